The molecule has 0 unspecified atom stereocenters. The van der Waals surface area contributed by atoms with Crippen LogP contribution in [0.3, 0.4) is 0 Å². The lowest BCUT2D eigenvalue weighted by molar-refractivity contribution is -0.139. The van der Waals surface area contributed by atoms with Crippen LogP contribution in [0.2, 0.25) is 0 Å². The minimum atomic E-state index is -0.704. The van der Waals surface area contributed by atoms with Gasteiger partial charge in [-0.3, -0.25) is 14.6 Å². The van der Waals surface area contributed by atoms with E-state index < -0.39 is 17.7 Å². The molecule has 0 radical (unpaired) electrons. The third-order valence-corrected chi connectivity index (χ3v) is 6.08. The maximum Gasteiger partial charge on any atom is 0.295 e. The predicted octanol–water partition coefficient (Wildman–Crippen LogP) is 3.11. The zero-order valence-electron chi connectivity index (χ0n) is 18.2. The molecule has 1 saturated heterocycles. The summed E-state index contributed by atoms with van der Waals surface area (Å²) >= 11 is 0. The Kier molecular flexibility index (Phi) is 5.42. The molecule has 2 aliphatic rings. The third kappa shape index (κ3) is 3.88. The molecule has 1 amide bonds. The lowest BCUT2D eigenvalue weighted by atomic mass is 9.95. The van der Waals surface area contributed by atoms with Crippen LogP contribution in [0.4, 0.5) is 0 Å². The number of ether oxygens (including phenoxy) is 1. The number of ketones is 1. The summed E-state index contributed by atoms with van der Waals surface area (Å²) in [4.78, 5) is 35.9. The molecule has 0 bridgehead atoms. The number of carbonyl (C=O) groups excluding carboxylic acids is 2. The van der Waals surface area contributed by atoms with Gasteiger partial charge in [-0.1, -0.05) is 6.07 Å². The zero-order valence-corrected chi connectivity index (χ0v) is 18.2. The van der Waals surface area contributed by atoms with Crippen molar-refractivity contribution in [2.24, 2.45) is 0 Å². The van der Waals surface area contributed by atoms with Crippen molar-refractivity contribution in [3.63, 3.8) is 0 Å². The van der Waals surface area contributed by atoms with Gasteiger partial charge in [0.05, 0.1) is 17.9 Å². The number of hydrogen-bond acceptors (Lipinski definition) is 6. The van der Waals surface area contributed by atoms with Gasteiger partial charge in [0.1, 0.15) is 17.6 Å². The lowest BCUT2D eigenvalue weighted by Gasteiger charge is -2.25. The Morgan fingerprint density at radius 1 is 1.18 bits per heavy atom. The van der Waals surface area contributed by atoms with Crippen LogP contribution in [-0.2, 0) is 22.6 Å². The Labute approximate surface area is 191 Å². The number of nitrogens with zero attached hydrogens (tertiary/aromatic N) is 4. The molecule has 3 aromatic rings. The van der Waals surface area contributed by atoms with Gasteiger partial charge >= 0.3 is 0 Å². The van der Waals surface area contributed by atoms with Gasteiger partial charge in [0.15, 0.2) is 0 Å². The molecule has 5 rings (SSSR count). The highest BCUT2D eigenvalue weighted by Gasteiger charge is 2.46. The summed E-state index contributed by atoms with van der Waals surface area (Å²) < 4.78 is 7.67. The van der Waals surface area contributed by atoms with E-state index in [4.69, 9.17) is 4.74 Å². The molecule has 0 aliphatic carbocycles. The summed E-state index contributed by atoms with van der Waals surface area (Å²) in [7, 11) is 0. The third-order valence-electron chi connectivity index (χ3n) is 6.08. The molecule has 1 N–H and O–H groups in total. The number of aliphatic hydroxyl groups excluding tert-OH is 1. The molecular weight excluding hydrogens is 420 g/mol. The van der Waals surface area contributed by atoms with Gasteiger partial charge in [-0.25, -0.2) is 4.98 Å². The minimum absolute atomic E-state index is 0.0638. The van der Waals surface area contributed by atoms with Crippen LogP contribution in [0.15, 0.2) is 67.0 Å². The van der Waals surface area contributed by atoms with E-state index in [9.17, 15) is 14.7 Å². The van der Waals surface area contributed by atoms with Crippen molar-refractivity contribution >= 4 is 17.4 Å². The minimum Gasteiger partial charge on any atom is -0.507 e. The number of likely N-dealkylation sites (tertiary alicyclic amines) is 1. The van der Waals surface area contributed by atoms with E-state index in [0.29, 0.717) is 30.6 Å². The van der Waals surface area contributed by atoms with Gasteiger partial charge in [0, 0.05) is 49.9 Å². The smallest absolute Gasteiger partial charge is 0.295 e. The molecule has 8 heteroatoms. The van der Waals surface area contributed by atoms with Crippen LogP contribution >= 0.6 is 0 Å². The summed E-state index contributed by atoms with van der Waals surface area (Å²) in [6, 6.07) is 8.23. The Morgan fingerprint density at radius 3 is 2.82 bits per heavy atom. The molecule has 2 atom stereocenters. The Hall–Kier alpha value is -3.94. The molecule has 2 aromatic heterocycles. The number of fused-ring (bicyclic) bond motifs is 1. The standard InChI is InChI=1S/C25H24N4O4/c1-16-12-19-13-17(5-6-20(19)33-16)23(30)21-22(18-4-2-7-26-14-18)29(25(32)24(21)31)10-3-9-28-11-8-27-15-28/h2,4-8,11,13-16,22,30H,3,9-10,12H2,1H3/t16-,22-/m1/s1. The second kappa shape index (κ2) is 8.54. The SMILES string of the molecule is C[C@@H]1Cc2cc(C(O)=C3C(=O)C(=O)N(CCCn4ccnc4)[C@@H]3c3cccnc3)ccc2O1. The van der Waals surface area contributed by atoms with Gasteiger partial charge in [0.25, 0.3) is 11.7 Å². The first-order chi connectivity index (χ1) is 16.0. The fourth-order valence-corrected chi connectivity index (χ4v) is 4.56. The maximum absolute atomic E-state index is 13.1. The Morgan fingerprint density at radius 2 is 2.06 bits per heavy atom. The van der Waals surface area contributed by atoms with Crippen LogP contribution in [-0.4, -0.2) is 48.9 Å². The van der Waals surface area contributed by atoms with Crippen molar-refractivity contribution in [1.82, 2.24) is 19.4 Å². The summed E-state index contributed by atoms with van der Waals surface area (Å²) in [5.41, 5.74) is 2.23. The predicted molar refractivity (Wildman–Crippen MR) is 120 cm³/mol. The molecule has 0 spiro atoms. The van der Waals surface area contributed by atoms with Crippen LogP contribution in [0, 0.1) is 0 Å². The second-order valence-corrected chi connectivity index (χ2v) is 8.39. The van der Waals surface area contributed by atoms with Crippen LogP contribution in [0.1, 0.15) is 36.1 Å². The summed E-state index contributed by atoms with van der Waals surface area (Å²) in [6.07, 6.45) is 9.95. The number of amides is 1. The van der Waals surface area contributed by atoms with E-state index in [2.05, 4.69) is 9.97 Å². The molecule has 8 nitrogen and oxygen atoms in total. The van der Waals surface area contributed by atoms with E-state index in [0.717, 1.165) is 17.7 Å². The monoisotopic (exact) mass is 444 g/mol. The summed E-state index contributed by atoms with van der Waals surface area (Å²) in [6.45, 7) is 3.00. The van der Waals surface area contributed by atoms with Gasteiger partial charge in [-0.05, 0) is 48.7 Å². The van der Waals surface area contributed by atoms with Crippen molar-refractivity contribution in [2.45, 2.75) is 38.5 Å². The average molecular weight is 444 g/mol. The van der Waals surface area contributed by atoms with Crippen molar-refractivity contribution in [3.8, 4) is 5.75 Å². The molecule has 33 heavy (non-hydrogen) atoms. The number of aryl methyl sites for hydroxylation is 1. The van der Waals surface area contributed by atoms with Crippen molar-refractivity contribution < 1.29 is 19.4 Å². The van der Waals surface area contributed by atoms with E-state index in [1.807, 2.05) is 29.8 Å². The fraction of sp³-hybridized carbons (Fsp3) is 0.280. The number of rotatable bonds is 6. The Bertz CT molecular complexity index is 1220. The first-order valence-electron chi connectivity index (χ1n) is 11.0. The molecule has 0 saturated carbocycles. The average Bonchev–Trinajstić information content (AvgIpc) is 3.53. The van der Waals surface area contributed by atoms with Crippen molar-refractivity contribution in [3.05, 3.63) is 83.7 Å². The highest BCUT2D eigenvalue weighted by Crippen LogP contribution is 2.40. The number of imidazole rings is 1. The summed E-state index contributed by atoms with van der Waals surface area (Å²) in [5, 5.41) is 11.2. The highest BCUT2D eigenvalue weighted by molar-refractivity contribution is 6.46. The number of carbonyl (C=O) groups is 2. The van der Waals surface area contributed by atoms with Gasteiger partial charge in [-0.2, -0.15) is 0 Å². The molecule has 168 valence electrons. The molecule has 4 heterocycles. The molecule has 1 aromatic carbocycles. The molecule has 1 fully saturated rings. The Balaban J connectivity index is 1.51. The first-order valence-corrected chi connectivity index (χ1v) is 11.0. The zero-order chi connectivity index (χ0) is 22.9. The number of benzene rings is 1. The van der Waals surface area contributed by atoms with E-state index in [-0.39, 0.29) is 17.4 Å². The molecule has 2 aliphatic heterocycles. The number of Topliss-reactive ketones (excluding diaryl/α,β-unsaturated/α-hetero) is 1. The number of pyridine rings is 1. The molecular formula is C25H24N4O4. The summed E-state index contributed by atoms with van der Waals surface area (Å²) in [5.74, 6) is -0.701. The van der Waals surface area contributed by atoms with Crippen LogP contribution in [0.25, 0.3) is 5.76 Å². The maximum atomic E-state index is 13.1. The van der Waals surface area contributed by atoms with Crippen LogP contribution in [0.5, 0.6) is 5.75 Å². The second-order valence-electron chi connectivity index (χ2n) is 8.39. The topological polar surface area (TPSA) is 97.6 Å². The quantitative estimate of drug-likeness (QED) is 0.356. The van der Waals surface area contributed by atoms with Crippen LogP contribution < -0.4 is 4.74 Å². The van der Waals surface area contributed by atoms with Crippen molar-refractivity contribution in [2.75, 3.05) is 6.54 Å². The van der Waals surface area contributed by atoms with Gasteiger partial charge in [-0.15, -0.1) is 0 Å². The van der Waals surface area contributed by atoms with Gasteiger partial charge < -0.3 is 19.3 Å². The highest BCUT2D eigenvalue weighted by atomic mass is 16.5. The van der Waals surface area contributed by atoms with E-state index in [1.165, 1.54) is 4.90 Å². The normalized spacial score (nSPS) is 21.3. The first kappa shape index (κ1) is 20.9. The van der Waals surface area contributed by atoms with E-state index >= 15 is 0 Å². The largest absolute Gasteiger partial charge is 0.507 e. The van der Waals surface area contributed by atoms with Crippen molar-refractivity contribution in [1.29, 1.82) is 0 Å². The number of hydrogen-bond donors (Lipinski definition) is 1. The van der Waals surface area contributed by atoms with E-state index in [1.54, 1.807) is 43.1 Å². The number of aliphatic hydroxyl groups is 1. The fourth-order valence-electron chi connectivity index (χ4n) is 4.56. The lowest BCUT2D eigenvalue weighted by Crippen LogP contribution is -2.31. The van der Waals surface area contributed by atoms with Gasteiger partial charge in [0.2, 0.25) is 0 Å². The number of aromatic nitrogens is 3.